The molecular formula is C25H31N3O5. The molecule has 0 saturated carbocycles. The van der Waals surface area contributed by atoms with Crippen LogP contribution in [0.3, 0.4) is 0 Å². The lowest BCUT2D eigenvalue weighted by Crippen LogP contribution is -2.49. The van der Waals surface area contributed by atoms with Gasteiger partial charge in [-0.05, 0) is 69.5 Å². The van der Waals surface area contributed by atoms with Crippen LogP contribution in [0, 0.1) is 0 Å². The van der Waals surface area contributed by atoms with Gasteiger partial charge in [0, 0.05) is 36.4 Å². The summed E-state index contributed by atoms with van der Waals surface area (Å²) in [7, 11) is 1.53. The van der Waals surface area contributed by atoms with Gasteiger partial charge in [-0.1, -0.05) is 6.07 Å². The number of amides is 3. The Bertz CT molecular complexity index is 966. The van der Waals surface area contributed by atoms with Crippen LogP contribution >= 0.6 is 0 Å². The number of anilines is 1. The molecule has 8 nitrogen and oxygen atoms in total. The molecule has 33 heavy (non-hydrogen) atoms. The van der Waals surface area contributed by atoms with Gasteiger partial charge in [-0.3, -0.25) is 14.4 Å². The Morgan fingerprint density at radius 1 is 0.939 bits per heavy atom. The number of nitrogens with one attached hydrogen (secondary N) is 2. The van der Waals surface area contributed by atoms with Crippen molar-refractivity contribution in [1.82, 2.24) is 10.2 Å². The first-order valence-corrected chi connectivity index (χ1v) is 11.2. The predicted octanol–water partition coefficient (Wildman–Crippen LogP) is 3.23. The molecule has 0 aliphatic carbocycles. The SMILES string of the molecule is CNC(=O)COc1cccc(NC(=O)c2ccc(OCC(=O)N3C(C)CCCC3C)cc2)c1. The molecule has 2 aromatic carbocycles. The van der Waals surface area contributed by atoms with Gasteiger partial charge in [-0.15, -0.1) is 0 Å². The van der Waals surface area contributed by atoms with Crippen LogP contribution in [0.4, 0.5) is 5.69 Å². The highest BCUT2D eigenvalue weighted by Crippen LogP contribution is 2.23. The Morgan fingerprint density at radius 3 is 2.27 bits per heavy atom. The number of rotatable bonds is 8. The van der Waals surface area contributed by atoms with Gasteiger partial charge >= 0.3 is 0 Å². The highest BCUT2D eigenvalue weighted by Gasteiger charge is 2.28. The lowest BCUT2D eigenvalue weighted by molar-refractivity contribution is -0.139. The maximum atomic E-state index is 12.6. The highest BCUT2D eigenvalue weighted by molar-refractivity contribution is 6.04. The Balaban J connectivity index is 1.53. The second kappa shape index (κ2) is 11.4. The molecule has 1 saturated heterocycles. The predicted molar refractivity (Wildman–Crippen MR) is 126 cm³/mol. The number of hydrogen-bond donors (Lipinski definition) is 2. The molecule has 3 amide bonds. The molecule has 1 heterocycles. The zero-order valence-corrected chi connectivity index (χ0v) is 19.3. The van der Waals surface area contributed by atoms with Crippen molar-refractivity contribution in [2.24, 2.45) is 0 Å². The number of likely N-dealkylation sites (tertiary alicyclic amines) is 1. The second-order valence-corrected chi connectivity index (χ2v) is 8.19. The molecule has 2 N–H and O–H groups in total. The number of benzene rings is 2. The van der Waals surface area contributed by atoms with Crippen LogP contribution in [0.5, 0.6) is 11.5 Å². The van der Waals surface area contributed by atoms with Gasteiger partial charge in [0.05, 0.1) is 0 Å². The summed E-state index contributed by atoms with van der Waals surface area (Å²) in [5, 5.41) is 5.28. The van der Waals surface area contributed by atoms with E-state index >= 15 is 0 Å². The summed E-state index contributed by atoms with van der Waals surface area (Å²) < 4.78 is 11.1. The molecule has 176 valence electrons. The Kier molecular flexibility index (Phi) is 8.29. The van der Waals surface area contributed by atoms with Crippen LogP contribution in [-0.4, -0.2) is 55.0 Å². The second-order valence-electron chi connectivity index (χ2n) is 8.19. The molecule has 0 radical (unpaired) electrons. The number of nitrogens with zero attached hydrogens (tertiary/aromatic N) is 1. The molecule has 0 aromatic heterocycles. The fraction of sp³-hybridized carbons (Fsp3) is 0.400. The zero-order valence-electron chi connectivity index (χ0n) is 19.3. The van der Waals surface area contributed by atoms with E-state index in [2.05, 4.69) is 24.5 Å². The third kappa shape index (κ3) is 6.71. The van der Waals surface area contributed by atoms with Gasteiger partial charge in [0.15, 0.2) is 13.2 Å². The Morgan fingerprint density at radius 2 is 1.61 bits per heavy atom. The number of carbonyl (C=O) groups is 3. The Labute approximate surface area is 194 Å². The number of hydrogen-bond acceptors (Lipinski definition) is 5. The highest BCUT2D eigenvalue weighted by atomic mass is 16.5. The van der Waals surface area contributed by atoms with Crippen molar-refractivity contribution >= 4 is 23.4 Å². The smallest absolute Gasteiger partial charge is 0.260 e. The van der Waals surface area contributed by atoms with E-state index in [1.165, 1.54) is 7.05 Å². The van der Waals surface area contributed by atoms with Crippen molar-refractivity contribution in [1.29, 1.82) is 0 Å². The Hall–Kier alpha value is -3.55. The normalized spacial score (nSPS) is 17.7. The van der Waals surface area contributed by atoms with Crippen LogP contribution in [0.25, 0.3) is 0 Å². The summed E-state index contributed by atoms with van der Waals surface area (Å²) in [6.07, 6.45) is 3.18. The first-order chi connectivity index (χ1) is 15.9. The van der Waals surface area contributed by atoms with Gasteiger partial charge in [-0.2, -0.15) is 0 Å². The van der Waals surface area contributed by atoms with Crippen molar-refractivity contribution in [2.75, 3.05) is 25.6 Å². The van der Waals surface area contributed by atoms with E-state index in [-0.39, 0.29) is 43.0 Å². The molecule has 1 aliphatic rings. The molecule has 2 atom stereocenters. The number of ether oxygens (including phenoxy) is 2. The van der Waals surface area contributed by atoms with Crippen LogP contribution in [0.15, 0.2) is 48.5 Å². The largest absolute Gasteiger partial charge is 0.484 e. The lowest BCUT2D eigenvalue weighted by Gasteiger charge is -2.38. The van der Waals surface area contributed by atoms with E-state index < -0.39 is 0 Å². The molecule has 3 rings (SSSR count). The molecule has 1 aliphatic heterocycles. The molecule has 2 aromatic rings. The van der Waals surface area contributed by atoms with Crippen LogP contribution in [-0.2, 0) is 9.59 Å². The average Bonchev–Trinajstić information content (AvgIpc) is 2.81. The lowest BCUT2D eigenvalue weighted by atomic mass is 9.97. The van der Waals surface area contributed by atoms with E-state index in [4.69, 9.17) is 9.47 Å². The van der Waals surface area contributed by atoms with Gasteiger partial charge in [-0.25, -0.2) is 0 Å². The summed E-state index contributed by atoms with van der Waals surface area (Å²) in [5.41, 5.74) is 0.994. The minimum absolute atomic E-state index is 0.0185. The summed E-state index contributed by atoms with van der Waals surface area (Å²) in [6, 6.07) is 13.9. The topological polar surface area (TPSA) is 97.0 Å². The monoisotopic (exact) mass is 453 g/mol. The number of carbonyl (C=O) groups excluding carboxylic acids is 3. The molecule has 1 fully saturated rings. The molecule has 2 unspecified atom stereocenters. The van der Waals surface area contributed by atoms with Gasteiger partial charge in [0.1, 0.15) is 11.5 Å². The van der Waals surface area contributed by atoms with Crippen LogP contribution < -0.4 is 20.1 Å². The number of piperidine rings is 1. The van der Waals surface area contributed by atoms with Crippen molar-refractivity contribution in [2.45, 2.75) is 45.2 Å². The third-order valence-electron chi connectivity index (χ3n) is 5.70. The fourth-order valence-corrected chi connectivity index (χ4v) is 3.92. The summed E-state index contributed by atoms with van der Waals surface area (Å²) in [6.45, 7) is 4.02. The standard InChI is InChI=1S/C25H31N3O5/c1-17-6-4-7-18(2)28(17)24(30)16-33-21-12-10-19(11-13-21)25(31)27-20-8-5-9-22(14-20)32-15-23(29)26-3/h5,8-14,17-18H,4,6-7,15-16H2,1-3H3,(H,26,29)(H,27,31). The summed E-state index contributed by atoms with van der Waals surface area (Å²) in [5.74, 6) is 0.449. The first kappa shape index (κ1) is 24.1. The summed E-state index contributed by atoms with van der Waals surface area (Å²) in [4.78, 5) is 38.4. The van der Waals surface area contributed by atoms with Gasteiger partial charge in [0.25, 0.3) is 17.7 Å². The quantitative estimate of drug-likeness (QED) is 0.640. The minimum atomic E-state index is -0.294. The van der Waals surface area contributed by atoms with Gasteiger partial charge in [0.2, 0.25) is 0 Å². The maximum Gasteiger partial charge on any atom is 0.260 e. The van der Waals surface area contributed by atoms with Crippen LogP contribution in [0.2, 0.25) is 0 Å². The van der Waals surface area contributed by atoms with Crippen LogP contribution in [0.1, 0.15) is 43.5 Å². The average molecular weight is 454 g/mol. The molecular weight excluding hydrogens is 422 g/mol. The fourth-order valence-electron chi connectivity index (χ4n) is 3.92. The van der Waals surface area contributed by atoms with E-state index in [0.717, 1.165) is 19.3 Å². The molecule has 8 heteroatoms. The molecule has 0 spiro atoms. The van der Waals surface area contributed by atoms with Crippen molar-refractivity contribution in [3.05, 3.63) is 54.1 Å². The first-order valence-electron chi connectivity index (χ1n) is 11.2. The summed E-state index contributed by atoms with van der Waals surface area (Å²) >= 11 is 0. The number of likely N-dealkylation sites (N-methyl/N-ethyl adjacent to an activating group) is 1. The minimum Gasteiger partial charge on any atom is -0.484 e. The van der Waals surface area contributed by atoms with E-state index in [1.54, 1.807) is 48.5 Å². The van der Waals surface area contributed by atoms with E-state index in [1.807, 2.05) is 4.90 Å². The zero-order chi connectivity index (χ0) is 23.8. The van der Waals surface area contributed by atoms with E-state index in [9.17, 15) is 14.4 Å². The third-order valence-corrected chi connectivity index (χ3v) is 5.70. The molecule has 0 bridgehead atoms. The maximum absolute atomic E-state index is 12.6. The van der Waals surface area contributed by atoms with Crippen molar-refractivity contribution in [3.8, 4) is 11.5 Å². The van der Waals surface area contributed by atoms with Gasteiger partial charge < -0.3 is 25.0 Å². The van der Waals surface area contributed by atoms with E-state index in [0.29, 0.717) is 22.7 Å². The van der Waals surface area contributed by atoms with Crippen molar-refractivity contribution < 1.29 is 23.9 Å². The van der Waals surface area contributed by atoms with Crippen molar-refractivity contribution in [3.63, 3.8) is 0 Å².